The van der Waals surface area contributed by atoms with E-state index in [1.54, 1.807) is 0 Å². The highest BCUT2D eigenvalue weighted by Gasteiger charge is 2.10. The molecule has 0 atom stereocenters. The second kappa shape index (κ2) is 10.5. The van der Waals surface area contributed by atoms with Gasteiger partial charge in [-0.2, -0.15) is 0 Å². The van der Waals surface area contributed by atoms with Crippen molar-refractivity contribution in [3.8, 4) is 0 Å². The van der Waals surface area contributed by atoms with Crippen molar-refractivity contribution in [1.29, 1.82) is 0 Å². The normalized spacial score (nSPS) is 10.6. The fraction of sp³-hybridized carbons (Fsp3) is 0.318. The molecule has 0 saturated heterocycles. The van der Waals surface area contributed by atoms with Gasteiger partial charge in [-0.25, -0.2) is 4.79 Å². The summed E-state index contributed by atoms with van der Waals surface area (Å²) in [5.74, 6) is -0.278. The van der Waals surface area contributed by atoms with Gasteiger partial charge in [-0.1, -0.05) is 67.2 Å². The predicted octanol–water partition coefficient (Wildman–Crippen LogP) is 4.59. The zero-order valence-corrected chi connectivity index (χ0v) is 15.0. The van der Waals surface area contributed by atoms with Crippen LogP contribution in [0.5, 0.6) is 0 Å². The van der Waals surface area contributed by atoms with Crippen LogP contribution in [-0.2, 0) is 22.6 Å². The zero-order valence-electron chi connectivity index (χ0n) is 15.0. The molecule has 0 aliphatic heterocycles. The SMILES string of the molecule is C=C(CCCN(Cc1ccccc1)Cc1ccccc1)C(=O)OCC. The zero-order chi connectivity index (χ0) is 17.9. The first-order valence-electron chi connectivity index (χ1n) is 8.84. The minimum absolute atomic E-state index is 0.278. The molecular weight excluding hydrogens is 310 g/mol. The van der Waals surface area contributed by atoms with Gasteiger partial charge in [0.2, 0.25) is 0 Å². The van der Waals surface area contributed by atoms with Crippen LogP contribution in [0.4, 0.5) is 0 Å². The number of hydrogen-bond donors (Lipinski definition) is 0. The van der Waals surface area contributed by atoms with E-state index in [1.165, 1.54) is 11.1 Å². The lowest BCUT2D eigenvalue weighted by Gasteiger charge is -2.23. The quantitative estimate of drug-likeness (QED) is 0.469. The van der Waals surface area contributed by atoms with Crippen LogP contribution in [0.2, 0.25) is 0 Å². The molecule has 3 nitrogen and oxygen atoms in total. The maximum Gasteiger partial charge on any atom is 0.333 e. The van der Waals surface area contributed by atoms with Crippen LogP contribution in [0.1, 0.15) is 30.9 Å². The van der Waals surface area contributed by atoms with Crippen LogP contribution in [0.25, 0.3) is 0 Å². The number of ether oxygens (including phenoxy) is 1. The summed E-state index contributed by atoms with van der Waals surface area (Å²) in [6, 6.07) is 20.9. The Bertz CT molecular complexity index is 611. The van der Waals surface area contributed by atoms with Gasteiger partial charge < -0.3 is 4.74 Å². The van der Waals surface area contributed by atoms with E-state index in [4.69, 9.17) is 4.74 Å². The maximum absolute atomic E-state index is 11.7. The van der Waals surface area contributed by atoms with Gasteiger partial charge in [0.25, 0.3) is 0 Å². The van der Waals surface area contributed by atoms with Crippen molar-refractivity contribution in [3.63, 3.8) is 0 Å². The van der Waals surface area contributed by atoms with Crippen molar-refractivity contribution in [1.82, 2.24) is 4.90 Å². The number of carbonyl (C=O) groups excluding carboxylic acids is 1. The fourth-order valence-corrected chi connectivity index (χ4v) is 2.75. The van der Waals surface area contributed by atoms with E-state index in [1.807, 2.05) is 19.1 Å². The molecule has 0 aromatic heterocycles. The van der Waals surface area contributed by atoms with E-state index in [0.717, 1.165) is 26.1 Å². The van der Waals surface area contributed by atoms with E-state index in [-0.39, 0.29) is 5.97 Å². The Kier molecular flexibility index (Phi) is 7.93. The van der Waals surface area contributed by atoms with Crippen LogP contribution in [0.15, 0.2) is 72.8 Å². The summed E-state index contributed by atoms with van der Waals surface area (Å²) >= 11 is 0. The number of rotatable bonds is 10. The van der Waals surface area contributed by atoms with Crippen LogP contribution in [-0.4, -0.2) is 24.0 Å². The predicted molar refractivity (Wildman–Crippen MR) is 102 cm³/mol. The van der Waals surface area contributed by atoms with Gasteiger partial charge in [-0.05, 0) is 37.4 Å². The van der Waals surface area contributed by atoms with Crippen molar-refractivity contribution < 1.29 is 9.53 Å². The monoisotopic (exact) mass is 337 g/mol. The first-order valence-corrected chi connectivity index (χ1v) is 8.84. The summed E-state index contributed by atoms with van der Waals surface area (Å²) in [5.41, 5.74) is 3.14. The topological polar surface area (TPSA) is 29.5 Å². The third-order valence-electron chi connectivity index (χ3n) is 4.02. The molecule has 2 aromatic carbocycles. The standard InChI is InChI=1S/C22H27NO2/c1-3-25-22(24)19(2)11-10-16-23(17-20-12-6-4-7-13-20)18-21-14-8-5-9-15-21/h4-9,12-15H,2-3,10-11,16-18H2,1H3. The second-order valence-corrected chi connectivity index (χ2v) is 6.11. The second-order valence-electron chi connectivity index (χ2n) is 6.11. The van der Waals surface area contributed by atoms with Gasteiger partial charge >= 0.3 is 5.97 Å². The average molecular weight is 337 g/mol. The third-order valence-corrected chi connectivity index (χ3v) is 4.02. The Balaban J connectivity index is 1.92. The Morgan fingerprint density at radius 1 is 0.960 bits per heavy atom. The number of esters is 1. The lowest BCUT2D eigenvalue weighted by Crippen LogP contribution is -2.24. The molecule has 0 radical (unpaired) electrons. The van der Waals surface area contributed by atoms with Gasteiger partial charge in [0.15, 0.2) is 0 Å². The molecule has 0 spiro atoms. The van der Waals surface area contributed by atoms with E-state index < -0.39 is 0 Å². The van der Waals surface area contributed by atoms with Crippen LogP contribution >= 0.6 is 0 Å². The highest BCUT2D eigenvalue weighted by Crippen LogP contribution is 2.13. The van der Waals surface area contributed by atoms with Crippen molar-refractivity contribution in [2.24, 2.45) is 0 Å². The van der Waals surface area contributed by atoms with E-state index in [0.29, 0.717) is 18.6 Å². The largest absolute Gasteiger partial charge is 0.463 e. The van der Waals surface area contributed by atoms with Crippen LogP contribution < -0.4 is 0 Å². The Hall–Kier alpha value is -2.39. The average Bonchev–Trinajstić information content (AvgIpc) is 2.63. The fourth-order valence-electron chi connectivity index (χ4n) is 2.75. The Morgan fingerprint density at radius 2 is 1.48 bits per heavy atom. The summed E-state index contributed by atoms with van der Waals surface area (Å²) in [7, 11) is 0. The van der Waals surface area contributed by atoms with Gasteiger partial charge in [-0.3, -0.25) is 4.90 Å². The number of carbonyl (C=O) groups is 1. The lowest BCUT2D eigenvalue weighted by atomic mass is 10.1. The van der Waals surface area contributed by atoms with Crippen LogP contribution in [0, 0.1) is 0 Å². The van der Waals surface area contributed by atoms with Crippen molar-refractivity contribution in [2.45, 2.75) is 32.9 Å². The third kappa shape index (κ3) is 6.94. The molecule has 0 fully saturated rings. The van der Waals surface area contributed by atoms with Gasteiger partial charge in [0.1, 0.15) is 0 Å². The van der Waals surface area contributed by atoms with E-state index >= 15 is 0 Å². The van der Waals surface area contributed by atoms with Gasteiger partial charge in [-0.15, -0.1) is 0 Å². The first kappa shape index (κ1) is 18.9. The Labute approximate surface area is 150 Å². The minimum atomic E-state index is -0.278. The minimum Gasteiger partial charge on any atom is -0.463 e. The summed E-state index contributed by atoms with van der Waals surface area (Å²) in [4.78, 5) is 14.1. The molecule has 0 N–H and O–H groups in total. The first-order chi connectivity index (χ1) is 12.2. The molecule has 0 amide bonds. The highest BCUT2D eigenvalue weighted by molar-refractivity contribution is 5.87. The van der Waals surface area contributed by atoms with Crippen molar-refractivity contribution in [3.05, 3.63) is 83.9 Å². The van der Waals surface area contributed by atoms with Crippen molar-refractivity contribution in [2.75, 3.05) is 13.2 Å². The Morgan fingerprint density at radius 3 is 1.96 bits per heavy atom. The number of nitrogens with zero attached hydrogens (tertiary/aromatic N) is 1. The summed E-state index contributed by atoms with van der Waals surface area (Å²) < 4.78 is 5.00. The molecule has 0 aliphatic carbocycles. The number of hydrogen-bond acceptors (Lipinski definition) is 3. The molecular formula is C22H27NO2. The lowest BCUT2D eigenvalue weighted by molar-refractivity contribution is -0.138. The highest BCUT2D eigenvalue weighted by atomic mass is 16.5. The summed E-state index contributed by atoms with van der Waals surface area (Å²) in [6.07, 6.45) is 1.55. The maximum atomic E-state index is 11.7. The van der Waals surface area contributed by atoms with Crippen molar-refractivity contribution >= 4 is 5.97 Å². The molecule has 0 bridgehead atoms. The van der Waals surface area contributed by atoms with E-state index in [2.05, 4.69) is 60.0 Å². The van der Waals surface area contributed by atoms with Crippen LogP contribution in [0.3, 0.4) is 0 Å². The van der Waals surface area contributed by atoms with Gasteiger partial charge in [0, 0.05) is 18.7 Å². The molecule has 2 aromatic rings. The molecule has 0 aliphatic rings. The summed E-state index contributed by atoms with van der Waals surface area (Å²) in [5, 5.41) is 0. The molecule has 0 heterocycles. The number of benzene rings is 2. The molecule has 0 unspecified atom stereocenters. The van der Waals surface area contributed by atoms with Gasteiger partial charge in [0.05, 0.1) is 6.61 Å². The molecule has 132 valence electrons. The molecule has 0 saturated carbocycles. The molecule has 3 heteroatoms. The summed E-state index contributed by atoms with van der Waals surface area (Å²) in [6.45, 7) is 8.74. The molecule has 2 rings (SSSR count). The smallest absolute Gasteiger partial charge is 0.333 e. The van der Waals surface area contributed by atoms with E-state index in [9.17, 15) is 4.79 Å². The molecule has 25 heavy (non-hydrogen) atoms.